The Morgan fingerprint density at radius 2 is 0.921 bits per heavy atom. The molecule has 0 saturated heterocycles. The van der Waals surface area contributed by atoms with E-state index in [9.17, 15) is 13.0 Å². The van der Waals surface area contributed by atoms with E-state index in [0.29, 0.717) is 0 Å². The Balaban J connectivity index is 0. The largest absolute Gasteiger partial charge is 1.00 e. The normalized spacial score (nSPS) is 12.7. The van der Waals surface area contributed by atoms with Crippen LogP contribution in [0.3, 0.4) is 0 Å². The van der Waals surface area contributed by atoms with Crippen LogP contribution in [0.5, 0.6) is 0 Å². The maximum atomic E-state index is 10.9. The fraction of sp³-hybridized carbons (Fsp3) is 0.938. The fourth-order valence-electron chi connectivity index (χ4n) is 5.05. The number of rotatable bonds is 30. The molecule has 0 amide bonds. The van der Waals surface area contributed by atoms with Gasteiger partial charge in [0.1, 0.15) is 0 Å². The Hall–Kier alpha value is 1.25. The van der Waals surface area contributed by atoms with Crippen LogP contribution in [0.15, 0.2) is 12.2 Å². The first-order valence-corrected chi connectivity index (χ1v) is 17.6. The number of allylic oxidation sites excluding steroid dienone is 1. The molecule has 0 spiro atoms. The Bertz CT molecular complexity index is 580. The molecule has 0 aromatic heterocycles. The van der Waals surface area contributed by atoms with E-state index in [0.717, 1.165) is 19.3 Å². The van der Waals surface area contributed by atoms with E-state index in [-0.39, 0.29) is 63.9 Å². The third kappa shape index (κ3) is 35.3. The van der Waals surface area contributed by atoms with Crippen LogP contribution in [0, 0.1) is 5.92 Å². The monoisotopic (exact) mass is 582 g/mol. The molecule has 0 aliphatic heterocycles. The molecule has 0 aliphatic rings. The van der Waals surface area contributed by atoms with Gasteiger partial charge in [-0.25, -0.2) is 8.42 Å². The van der Waals surface area contributed by atoms with E-state index in [1.54, 1.807) is 0 Å². The number of hydrogen-bond donors (Lipinski definition) is 0. The van der Waals surface area contributed by atoms with Gasteiger partial charge in [-0.3, -0.25) is 4.18 Å². The molecule has 0 bridgehead atoms. The van der Waals surface area contributed by atoms with Crippen molar-refractivity contribution in [2.75, 3.05) is 6.61 Å². The predicted molar refractivity (Wildman–Crippen MR) is 160 cm³/mol. The van der Waals surface area contributed by atoms with Gasteiger partial charge >= 0.3 is 51.4 Å². The summed E-state index contributed by atoms with van der Waals surface area (Å²) in [6, 6.07) is 0. The average Bonchev–Trinajstić information content (AvgIpc) is 2.87. The summed E-state index contributed by atoms with van der Waals surface area (Å²) in [6.45, 7) is 4.51. The molecule has 0 radical (unpaired) electrons. The van der Waals surface area contributed by atoms with Crippen LogP contribution in [0.25, 0.3) is 0 Å². The van der Waals surface area contributed by atoms with Gasteiger partial charge in [-0.05, 0) is 19.3 Å². The standard InChI is InChI=1S/C32H64O4S.K/c1-3-5-7-9-11-13-15-17-18-20-22-24-26-28-30-32(31-36-37(33,34)35)29-27-25-23-21-19-16-14-12-10-8-6-4-2;/h27,29,32H,3-26,28,30-31H2,1-2H3,(H,33,34,35);/q;+1/p-1/b29-27+;. The van der Waals surface area contributed by atoms with Gasteiger partial charge in [0.05, 0.1) is 6.61 Å². The van der Waals surface area contributed by atoms with E-state index in [2.05, 4.69) is 30.2 Å². The second-order valence-corrected chi connectivity index (χ2v) is 12.3. The zero-order valence-electron chi connectivity index (χ0n) is 25.9. The summed E-state index contributed by atoms with van der Waals surface area (Å²) < 4.78 is 37.3. The van der Waals surface area contributed by atoms with Crippen LogP contribution in [-0.2, 0) is 14.6 Å². The van der Waals surface area contributed by atoms with Crippen molar-refractivity contribution in [1.82, 2.24) is 0 Å². The summed E-state index contributed by atoms with van der Waals surface area (Å²) in [5.74, 6) is 0.0178. The molecule has 6 heteroatoms. The summed E-state index contributed by atoms with van der Waals surface area (Å²) in [4.78, 5) is 0. The SMILES string of the molecule is CCCCCCCCCCCC/C=C/C(CCCCCCCCCCCCCCCC)COS(=O)(=O)[O-].[K+]. The smallest absolute Gasteiger partial charge is 0.726 e. The average molecular weight is 583 g/mol. The Kier molecular flexibility index (Phi) is 35.7. The minimum absolute atomic E-state index is 0. The Morgan fingerprint density at radius 1 is 0.579 bits per heavy atom. The molecule has 0 N–H and O–H groups in total. The third-order valence-electron chi connectivity index (χ3n) is 7.49. The van der Waals surface area contributed by atoms with Crippen LogP contribution in [0.4, 0.5) is 0 Å². The maximum Gasteiger partial charge on any atom is 1.00 e. The molecule has 1 atom stereocenters. The minimum atomic E-state index is -4.62. The van der Waals surface area contributed by atoms with Crippen LogP contribution >= 0.6 is 0 Å². The van der Waals surface area contributed by atoms with Gasteiger partial charge in [0, 0.05) is 5.92 Å². The molecule has 38 heavy (non-hydrogen) atoms. The van der Waals surface area contributed by atoms with E-state index in [1.165, 1.54) is 148 Å². The van der Waals surface area contributed by atoms with Gasteiger partial charge in [0.25, 0.3) is 0 Å². The van der Waals surface area contributed by atoms with Gasteiger partial charge in [-0.2, -0.15) is 0 Å². The van der Waals surface area contributed by atoms with Crippen molar-refractivity contribution < 1.29 is 68.5 Å². The third-order valence-corrected chi connectivity index (χ3v) is 7.91. The number of unbranched alkanes of at least 4 members (excludes halogenated alkanes) is 23. The molecule has 1 unspecified atom stereocenters. The molecule has 0 aliphatic carbocycles. The molecule has 222 valence electrons. The van der Waals surface area contributed by atoms with E-state index >= 15 is 0 Å². The minimum Gasteiger partial charge on any atom is -0.726 e. The molecular weight excluding hydrogens is 520 g/mol. The van der Waals surface area contributed by atoms with Crippen molar-refractivity contribution in [3.05, 3.63) is 12.2 Å². The quantitative estimate of drug-likeness (QED) is 0.0285. The van der Waals surface area contributed by atoms with Gasteiger partial charge in [0.2, 0.25) is 10.4 Å². The molecule has 0 saturated carbocycles. The molecule has 4 nitrogen and oxygen atoms in total. The van der Waals surface area contributed by atoms with Gasteiger partial charge in [-0.15, -0.1) is 0 Å². The summed E-state index contributed by atoms with van der Waals surface area (Å²) in [6.07, 6.45) is 38.0. The van der Waals surface area contributed by atoms with Crippen LogP contribution in [0.1, 0.15) is 181 Å². The molecular formula is C32H63KO4S. The number of hydrogen-bond acceptors (Lipinski definition) is 4. The van der Waals surface area contributed by atoms with Crippen molar-refractivity contribution in [3.63, 3.8) is 0 Å². The molecule has 0 aromatic carbocycles. The first kappa shape index (κ1) is 41.4. The summed E-state index contributed by atoms with van der Waals surface area (Å²) in [7, 11) is -4.62. The van der Waals surface area contributed by atoms with Crippen molar-refractivity contribution in [1.29, 1.82) is 0 Å². The van der Waals surface area contributed by atoms with E-state index in [1.807, 2.05) is 0 Å². The molecule has 0 aromatic rings. The van der Waals surface area contributed by atoms with Crippen LogP contribution in [0.2, 0.25) is 0 Å². The van der Waals surface area contributed by atoms with E-state index < -0.39 is 10.4 Å². The van der Waals surface area contributed by atoms with Gasteiger partial charge < -0.3 is 4.55 Å². The summed E-state index contributed by atoms with van der Waals surface area (Å²) in [5, 5.41) is 0. The maximum absolute atomic E-state index is 10.9. The van der Waals surface area contributed by atoms with Crippen molar-refractivity contribution in [2.45, 2.75) is 181 Å². The van der Waals surface area contributed by atoms with Crippen LogP contribution in [-0.4, -0.2) is 19.6 Å². The van der Waals surface area contributed by atoms with Crippen molar-refractivity contribution in [2.24, 2.45) is 5.92 Å². The molecule has 0 rings (SSSR count). The Morgan fingerprint density at radius 3 is 1.29 bits per heavy atom. The first-order chi connectivity index (χ1) is 18.0. The second-order valence-electron chi connectivity index (χ2n) is 11.2. The van der Waals surface area contributed by atoms with Crippen molar-refractivity contribution >= 4 is 10.4 Å². The van der Waals surface area contributed by atoms with E-state index in [4.69, 9.17) is 0 Å². The fourth-order valence-corrected chi connectivity index (χ4v) is 5.39. The first-order valence-electron chi connectivity index (χ1n) is 16.3. The zero-order chi connectivity index (χ0) is 27.3. The summed E-state index contributed by atoms with van der Waals surface area (Å²) in [5.41, 5.74) is 0. The molecule has 0 heterocycles. The van der Waals surface area contributed by atoms with Crippen LogP contribution < -0.4 is 51.4 Å². The van der Waals surface area contributed by atoms with Crippen molar-refractivity contribution in [3.8, 4) is 0 Å². The molecule has 0 fully saturated rings. The zero-order valence-corrected chi connectivity index (χ0v) is 29.8. The topological polar surface area (TPSA) is 66.4 Å². The Labute approximate surface area is 281 Å². The summed E-state index contributed by atoms with van der Waals surface area (Å²) >= 11 is 0. The van der Waals surface area contributed by atoms with Gasteiger partial charge in [-0.1, -0.05) is 174 Å². The second kappa shape index (κ2) is 32.8. The van der Waals surface area contributed by atoms with Gasteiger partial charge in [0.15, 0.2) is 0 Å². The predicted octanol–water partition coefficient (Wildman–Crippen LogP) is 7.82.